The minimum atomic E-state index is 0.139. The molecule has 6 heteroatoms. The van der Waals surface area contributed by atoms with Gasteiger partial charge in [0.1, 0.15) is 23.0 Å². The van der Waals surface area contributed by atoms with Gasteiger partial charge >= 0.3 is 0 Å². The normalized spacial score (nSPS) is 11.1. The number of rotatable bonds is 2. The minimum Gasteiger partial charge on any atom is -0.746 e. The first-order chi connectivity index (χ1) is 3.18. The number of nitrogens with two attached hydrogens (primary N) is 1. The fraction of sp³-hybridized carbons (Fsp3) is 1.00. The standard InChI is InChI=1S/CH5IN3O2/c1-4(3)5(6)7-2/h3H2,1H3/q-1. The van der Waals surface area contributed by atoms with Crippen LogP contribution in [0.15, 0.2) is 0 Å². The minimum absolute atomic E-state index is 0.139. The zero-order chi connectivity index (χ0) is 5.86. The van der Waals surface area contributed by atoms with Gasteiger partial charge in [0.2, 0.25) is 0 Å². The van der Waals surface area contributed by atoms with Crippen molar-refractivity contribution in [1.82, 2.24) is 10.5 Å². The molecule has 5 nitrogen and oxygen atoms in total. The molecule has 0 aliphatic rings. The molecule has 0 heterocycles. The summed E-state index contributed by atoms with van der Waals surface area (Å²) < 4.78 is 4.06. The quantitative estimate of drug-likeness (QED) is 0.394. The van der Waals surface area contributed by atoms with Crippen LogP contribution in [0.2, 0.25) is 0 Å². The van der Waals surface area contributed by atoms with E-state index in [1.54, 1.807) is 0 Å². The Kier molecular flexibility index (Phi) is 3.79. The summed E-state index contributed by atoms with van der Waals surface area (Å²) in [5, 5.41) is 10.9. The number of hydrogen-bond donors (Lipinski definition) is 1. The molecule has 0 saturated carbocycles. The molecule has 0 fully saturated rings. The second-order valence-corrected chi connectivity index (χ2v) is 1.27. The van der Waals surface area contributed by atoms with E-state index in [2.05, 4.69) is 3.17 Å². The van der Waals surface area contributed by atoms with Crippen LogP contribution in [-0.2, 0) is 3.17 Å². The van der Waals surface area contributed by atoms with E-state index in [4.69, 9.17) is 5.84 Å². The van der Waals surface area contributed by atoms with E-state index in [1.165, 1.54) is 30.1 Å². The Morgan fingerprint density at radius 2 is 2.29 bits per heavy atom. The van der Waals surface area contributed by atoms with Crippen molar-refractivity contribution in [2.45, 2.75) is 0 Å². The van der Waals surface area contributed by atoms with E-state index in [9.17, 15) is 5.21 Å². The second kappa shape index (κ2) is 3.52. The zero-order valence-corrected chi connectivity index (χ0v) is 5.82. The Balaban J connectivity index is 3.14. The Hall–Kier alpha value is 0.530. The molecule has 0 atom stereocenters. The molecule has 0 aliphatic carbocycles. The molecule has 44 valence electrons. The van der Waals surface area contributed by atoms with Crippen molar-refractivity contribution in [3.8, 4) is 0 Å². The van der Waals surface area contributed by atoms with Crippen LogP contribution in [-0.4, -0.2) is 17.5 Å². The van der Waals surface area contributed by atoms with Gasteiger partial charge in [0, 0.05) is 7.05 Å². The molecule has 0 bridgehead atoms. The summed E-state index contributed by atoms with van der Waals surface area (Å²) >= 11 is 1.42. The van der Waals surface area contributed by atoms with Crippen molar-refractivity contribution < 1.29 is 3.17 Å². The SMILES string of the molecule is CN(N)N([O-])OI. The van der Waals surface area contributed by atoms with Crippen molar-refractivity contribution in [1.29, 1.82) is 0 Å². The Bertz CT molecular complexity index is 50.2. The predicted octanol–water partition coefficient (Wildman–Crippen LogP) is -0.212. The van der Waals surface area contributed by atoms with Crippen molar-refractivity contribution in [3.05, 3.63) is 5.21 Å². The van der Waals surface area contributed by atoms with E-state index >= 15 is 0 Å². The van der Waals surface area contributed by atoms with E-state index in [1.807, 2.05) is 0 Å². The summed E-state index contributed by atoms with van der Waals surface area (Å²) in [5.74, 6) is 4.86. The molecule has 2 N–H and O–H groups in total. The van der Waals surface area contributed by atoms with Gasteiger partial charge in [-0.2, -0.15) is 10.5 Å². The second-order valence-electron chi connectivity index (χ2n) is 0.881. The molecule has 0 amide bonds. The van der Waals surface area contributed by atoms with Gasteiger partial charge in [-0.3, -0.25) is 5.84 Å². The zero-order valence-electron chi connectivity index (χ0n) is 3.67. The van der Waals surface area contributed by atoms with Gasteiger partial charge in [-0.05, 0) is 0 Å². The van der Waals surface area contributed by atoms with E-state index in [-0.39, 0.29) is 5.34 Å². The first-order valence-corrected chi connectivity index (χ1v) is 2.31. The van der Waals surface area contributed by atoms with Crippen LogP contribution >= 0.6 is 23.0 Å². The highest BCUT2D eigenvalue weighted by Crippen LogP contribution is 1.92. The molecular weight excluding hydrogens is 213 g/mol. The van der Waals surface area contributed by atoms with Gasteiger partial charge in [0.15, 0.2) is 0 Å². The van der Waals surface area contributed by atoms with Crippen LogP contribution in [0.4, 0.5) is 0 Å². The molecule has 0 unspecified atom stereocenters. The van der Waals surface area contributed by atoms with Crippen LogP contribution in [0, 0.1) is 5.21 Å². The molecule has 0 aromatic carbocycles. The number of hydrazine groups is 2. The highest BCUT2D eigenvalue weighted by atomic mass is 127. The van der Waals surface area contributed by atoms with Crippen LogP contribution in [0.3, 0.4) is 0 Å². The smallest absolute Gasteiger partial charge is 0.137 e. The Morgan fingerprint density at radius 3 is 2.29 bits per heavy atom. The van der Waals surface area contributed by atoms with E-state index in [0.29, 0.717) is 0 Å². The fourth-order valence-corrected chi connectivity index (χ4v) is 0.327. The van der Waals surface area contributed by atoms with Crippen molar-refractivity contribution in [2.24, 2.45) is 5.84 Å². The highest BCUT2D eigenvalue weighted by Gasteiger charge is 1.87. The van der Waals surface area contributed by atoms with Gasteiger partial charge in [-0.1, -0.05) is 0 Å². The maximum Gasteiger partial charge on any atom is 0.137 e. The van der Waals surface area contributed by atoms with E-state index in [0.717, 1.165) is 5.12 Å². The van der Waals surface area contributed by atoms with Gasteiger partial charge in [-0.25, -0.2) is 3.17 Å². The molecule has 0 aliphatic heterocycles. The first-order valence-electron chi connectivity index (χ1n) is 1.42. The molecule has 0 rings (SSSR count). The van der Waals surface area contributed by atoms with Crippen molar-refractivity contribution in [3.63, 3.8) is 0 Å². The third kappa shape index (κ3) is 3.14. The third-order valence-corrected chi connectivity index (χ3v) is 0.654. The van der Waals surface area contributed by atoms with Crippen LogP contribution in [0.5, 0.6) is 0 Å². The Morgan fingerprint density at radius 1 is 1.86 bits per heavy atom. The molecule has 0 radical (unpaired) electrons. The van der Waals surface area contributed by atoms with E-state index < -0.39 is 0 Å². The molecule has 7 heavy (non-hydrogen) atoms. The topological polar surface area (TPSA) is 64.8 Å². The first kappa shape index (κ1) is 7.53. The van der Waals surface area contributed by atoms with Gasteiger partial charge < -0.3 is 5.21 Å². The molecule has 0 spiro atoms. The highest BCUT2D eigenvalue weighted by molar-refractivity contribution is 14.1. The molecular formula is CH5IN3O2-. The number of halogens is 1. The summed E-state index contributed by atoms with van der Waals surface area (Å²) in [7, 11) is 1.37. The number of nitrogens with zero attached hydrogens (tertiary/aromatic N) is 2. The molecule has 0 aromatic rings. The molecule has 0 aromatic heterocycles. The number of hydrogen-bond acceptors (Lipinski definition) is 5. The average molecular weight is 218 g/mol. The average Bonchev–Trinajstić information content (AvgIpc) is 1.65. The largest absolute Gasteiger partial charge is 0.746 e. The fourth-order valence-electron chi connectivity index (χ4n) is 0.0487. The van der Waals surface area contributed by atoms with Crippen LogP contribution in [0.25, 0.3) is 0 Å². The molecule has 0 saturated heterocycles. The van der Waals surface area contributed by atoms with Crippen LogP contribution in [0.1, 0.15) is 0 Å². The Labute approximate surface area is 55.2 Å². The summed E-state index contributed by atoms with van der Waals surface area (Å²) in [6.45, 7) is 0. The summed E-state index contributed by atoms with van der Waals surface area (Å²) in [4.78, 5) is 0. The van der Waals surface area contributed by atoms with Gasteiger partial charge in [0.05, 0.1) is 0 Å². The lowest BCUT2D eigenvalue weighted by atomic mass is 11.4. The predicted molar refractivity (Wildman–Crippen MR) is 32.3 cm³/mol. The maximum atomic E-state index is 10.00. The summed E-state index contributed by atoms with van der Waals surface area (Å²) in [6, 6.07) is 0. The van der Waals surface area contributed by atoms with Crippen LogP contribution < -0.4 is 5.84 Å². The monoisotopic (exact) mass is 218 g/mol. The third-order valence-electron chi connectivity index (χ3n) is 0.317. The summed E-state index contributed by atoms with van der Waals surface area (Å²) in [6.07, 6.45) is 0. The van der Waals surface area contributed by atoms with Gasteiger partial charge in [-0.15, -0.1) is 0 Å². The lowest BCUT2D eigenvalue weighted by Crippen LogP contribution is -2.38. The van der Waals surface area contributed by atoms with Gasteiger partial charge in [0.25, 0.3) is 0 Å². The summed E-state index contributed by atoms with van der Waals surface area (Å²) in [5.41, 5.74) is 0. The lowest BCUT2D eigenvalue weighted by molar-refractivity contribution is -0.137. The lowest BCUT2D eigenvalue weighted by Gasteiger charge is -2.28. The van der Waals surface area contributed by atoms with Crippen molar-refractivity contribution >= 4 is 23.0 Å². The van der Waals surface area contributed by atoms with Crippen molar-refractivity contribution in [2.75, 3.05) is 7.05 Å². The maximum absolute atomic E-state index is 10.00.